The molecule has 0 N–H and O–H groups in total. The summed E-state index contributed by atoms with van der Waals surface area (Å²) >= 11 is 15.9. The van der Waals surface area contributed by atoms with Gasteiger partial charge < -0.3 is 0 Å². The average molecular weight is 335 g/mol. The summed E-state index contributed by atoms with van der Waals surface area (Å²) in [5.74, 6) is 1.11. The average Bonchev–Trinajstić information content (AvgIpc) is 2.37. The molecule has 3 unspecified atom stereocenters. The number of ketones is 1. The van der Waals surface area contributed by atoms with Gasteiger partial charge in [0.25, 0.3) is 0 Å². The normalized spacial score (nSPS) is 27.3. The Balaban J connectivity index is 2.05. The summed E-state index contributed by atoms with van der Waals surface area (Å²) in [7, 11) is 0. The number of thioether (sulfide) groups is 2. The quantitative estimate of drug-likeness (QED) is 0.795. The van der Waals surface area contributed by atoms with Gasteiger partial charge in [-0.3, -0.25) is 4.79 Å². The first-order valence-corrected chi connectivity index (χ1v) is 8.96. The monoisotopic (exact) mass is 334 g/mol. The molecule has 0 aliphatic carbocycles. The molecule has 0 bridgehead atoms. The van der Waals surface area contributed by atoms with E-state index >= 15 is 0 Å². The van der Waals surface area contributed by atoms with Crippen LogP contribution >= 0.6 is 46.7 Å². The predicted molar refractivity (Wildman–Crippen MR) is 87.9 cm³/mol. The van der Waals surface area contributed by atoms with Crippen molar-refractivity contribution in [3.05, 3.63) is 33.8 Å². The Morgan fingerprint density at radius 1 is 1.26 bits per heavy atom. The number of carbonyl (C=O) groups is 1. The van der Waals surface area contributed by atoms with E-state index < -0.39 is 0 Å². The minimum absolute atomic E-state index is 0.0588. The van der Waals surface area contributed by atoms with Crippen molar-refractivity contribution in [3.8, 4) is 0 Å². The minimum Gasteiger partial charge on any atom is -0.298 e. The van der Waals surface area contributed by atoms with Gasteiger partial charge in [-0.1, -0.05) is 43.1 Å². The van der Waals surface area contributed by atoms with Crippen molar-refractivity contribution >= 4 is 52.5 Å². The lowest BCUT2D eigenvalue weighted by atomic mass is 10.1. The molecule has 1 aliphatic rings. The molecule has 1 aromatic rings. The second-order valence-electron chi connectivity index (χ2n) is 4.71. The van der Waals surface area contributed by atoms with E-state index in [1.165, 1.54) is 0 Å². The van der Waals surface area contributed by atoms with E-state index in [0.29, 0.717) is 27.0 Å². The predicted octanol–water partition coefficient (Wildman–Crippen LogP) is 4.73. The number of Topliss-reactive ketones (excluding diaryl/α,β-unsaturated/α-hetero) is 1. The maximum Gasteiger partial charge on any atom is 0.151 e. The van der Waals surface area contributed by atoms with Gasteiger partial charge in [0.05, 0.1) is 5.25 Å². The molecular formula is C14H16Cl2OS2. The highest BCUT2D eigenvalue weighted by Gasteiger charge is 2.30. The molecule has 0 aromatic heterocycles. The summed E-state index contributed by atoms with van der Waals surface area (Å²) in [6, 6.07) is 5.36. The number of rotatable bonds is 3. The molecule has 0 radical (unpaired) electrons. The third-order valence-corrected chi connectivity index (χ3v) is 7.47. The van der Waals surface area contributed by atoms with Crippen LogP contribution in [0.4, 0.5) is 0 Å². The van der Waals surface area contributed by atoms with Crippen molar-refractivity contribution in [2.75, 3.05) is 5.75 Å². The van der Waals surface area contributed by atoms with Crippen LogP contribution in [0.2, 0.25) is 10.0 Å². The van der Waals surface area contributed by atoms with Gasteiger partial charge in [0.2, 0.25) is 0 Å². The van der Waals surface area contributed by atoms with Crippen molar-refractivity contribution in [2.24, 2.45) is 0 Å². The van der Waals surface area contributed by atoms with Crippen LogP contribution in [0.25, 0.3) is 0 Å². The van der Waals surface area contributed by atoms with Gasteiger partial charge in [0, 0.05) is 32.7 Å². The van der Waals surface area contributed by atoms with E-state index in [1.54, 1.807) is 30.0 Å². The summed E-state index contributed by atoms with van der Waals surface area (Å²) in [6.45, 7) is 4.40. The fourth-order valence-electron chi connectivity index (χ4n) is 1.94. The van der Waals surface area contributed by atoms with Gasteiger partial charge in [-0.15, -0.1) is 11.8 Å². The van der Waals surface area contributed by atoms with E-state index in [4.69, 9.17) is 23.2 Å². The number of benzene rings is 1. The molecule has 19 heavy (non-hydrogen) atoms. The zero-order valence-corrected chi connectivity index (χ0v) is 14.0. The Labute approximate surface area is 132 Å². The highest BCUT2D eigenvalue weighted by atomic mass is 35.5. The lowest BCUT2D eigenvalue weighted by Crippen LogP contribution is -2.32. The molecule has 1 heterocycles. The molecule has 104 valence electrons. The van der Waals surface area contributed by atoms with Crippen molar-refractivity contribution < 1.29 is 4.79 Å². The number of halogens is 2. The molecule has 5 heteroatoms. The van der Waals surface area contributed by atoms with Crippen molar-refractivity contribution in [2.45, 2.75) is 36.0 Å². The number of carbonyl (C=O) groups excluding carboxylic acids is 1. The van der Waals surface area contributed by atoms with E-state index in [1.807, 2.05) is 11.8 Å². The molecule has 2 rings (SSSR count). The van der Waals surface area contributed by atoms with Crippen LogP contribution in [-0.4, -0.2) is 27.3 Å². The van der Waals surface area contributed by atoms with Crippen LogP contribution in [0.15, 0.2) is 18.2 Å². The van der Waals surface area contributed by atoms with Gasteiger partial charge in [-0.2, -0.15) is 11.8 Å². The second kappa shape index (κ2) is 6.75. The molecule has 0 spiro atoms. The van der Waals surface area contributed by atoms with Crippen LogP contribution < -0.4 is 0 Å². The SMILES string of the molecule is CC1SCC(C(=O)Cc2c(Cl)cccc2Cl)SC1C. The van der Waals surface area contributed by atoms with Crippen LogP contribution in [-0.2, 0) is 11.2 Å². The van der Waals surface area contributed by atoms with Crippen LogP contribution in [0.3, 0.4) is 0 Å². The zero-order valence-electron chi connectivity index (χ0n) is 10.9. The summed E-state index contributed by atoms with van der Waals surface area (Å²) < 4.78 is 0. The van der Waals surface area contributed by atoms with Gasteiger partial charge in [-0.25, -0.2) is 0 Å². The standard InChI is InChI=1S/C14H16Cl2OS2/c1-8-9(2)19-14(7-18-8)13(17)6-10-11(15)4-3-5-12(10)16/h3-5,8-9,14H,6-7H2,1-2H3. The Morgan fingerprint density at radius 3 is 2.47 bits per heavy atom. The summed E-state index contributed by atoms with van der Waals surface area (Å²) in [5, 5.41) is 2.34. The maximum atomic E-state index is 12.4. The highest BCUT2D eigenvalue weighted by molar-refractivity contribution is 8.08. The first-order chi connectivity index (χ1) is 8.99. The molecular weight excluding hydrogens is 319 g/mol. The smallest absolute Gasteiger partial charge is 0.151 e. The van der Waals surface area contributed by atoms with Crippen molar-refractivity contribution in [1.82, 2.24) is 0 Å². The van der Waals surface area contributed by atoms with E-state index in [9.17, 15) is 4.79 Å². The fraction of sp³-hybridized carbons (Fsp3) is 0.500. The van der Waals surface area contributed by atoms with Crippen molar-refractivity contribution in [1.29, 1.82) is 0 Å². The van der Waals surface area contributed by atoms with E-state index in [2.05, 4.69) is 13.8 Å². The van der Waals surface area contributed by atoms with Gasteiger partial charge in [0.1, 0.15) is 0 Å². The topological polar surface area (TPSA) is 17.1 Å². The second-order valence-corrected chi connectivity index (χ2v) is 8.52. The Bertz CT molecular complexity index is 458. The molecule has 1 fully saturated rings. The van der Waals surface area contributed by atoms with E-state index in [-0.39, 0.29) is 11.0 Å². The summed E-state index contributed by atoms with van der Waals surface area (Å²) in [4.78, 5) is 12.4. The zero-order chi connectivity index (χ0) is 14.0. The first kappa shape index (κ1) is 15.6. The number of hydrogen-bond acceptors (Lipinski definition) is 3. The van der Waals surface area contributed by atoms with Gasteiger partial charge in [0.15, 0.2) is 5.78 Å². The minimum atomic E-state index is 0.0588. The lowest BCUT2D eigenvalue weighted by Gasteiger charge is -2.30. The van der Waals surface area contributed by atoms with Crippen LogP contribution in [0.5, 0.6) is 0 Å². The number of hydrogen-bond donors (Lipinski definition) is 0. The maximum absolute atomic E-state index is 12.4. The fourth-order valence-corrected chi connectivity index (χ4v) is 5.36. The van der Waals surface area contributed by atoms with Gasteiger partial charge >= 0.3 is 0 Å². The molecule has 1 aromatic carbocycles. The van der Waals surface area contributed by atoms with Crippen LogP contribution in [0.1, 0.15) is 19.4 Å². The highest BCUT2D eigenvalue weighted by Crippen LogP contribution is 2.37. The molecule has 0 saturated carbocycles. The Kier molecular flexibility index (Phi) is 5.53. The molecule has 1 aliphatic heterocycles. The third kappa shape index (κ3) is 3.84. The summed E-state index contributed by atoms with van der Waals surface area (Å²) in [6.07, 6.45) is 0.331. The molecule has 0 amide bonds. The molecule has 1 nitrogen and oxygen atoms in total. The van der Waals surface area contributed by atoms with Gasteiger partial charge in [-0.05, 0) is 17.7 Å². The lowest BCUT2D eigenvalue weighted by molar-refractivity contribution is -0.117. The van der Waals surface area contributed by atoms with Crippen molar-refractivity contribution in [3.63, 3.8) is 0 Å². The third-order valence-electron chi connectivity index (χ3n) is 3.32. The summed E-state index contributed by atoms with van der Waals surface area (Å²) in [5.41, 5.74) is 0.757. The first-order valence-electron chi connectivity index (χ1n) is 6.21. The largest absolute Gasteiger partial charge is 0.298 e. The Hall–Kier alpha value is 0.170. The Morgan fingerprint density at radius 2 is 1.89 bits per heavy atom. The van der Waals surface area contributed by atoms with Crippen LogP contribution in [0, 0.1) is 0 Å². The molecule has 1 saturated heterocycles. The molecule has 3 atom stereocenters. The van der Waals surface area contributed by atoms with E-state index in [0.717, 1.165) is 11.3 Å².